The van der Waals surface area contributed by atoms with Crippen molar-refractivity contribution in [3.05, 3.63) is 34.3 Å². The molecule has 2 N–H and O–H groups in total. The Morgan fingerprint density at radius 2 is 2.05 bits per heavy atom. The average molecular weight is 276 g/mol. The molecule has 1 unspecified atom stereocenters. The summed E-state index contributed by atoms with van der Waals surface area (Å²) in [6.45, 7) is 2.23. The van der Waals surface area contributed by atoms with Crippen LogP contribution >= 0.6 is 0 Å². The van der Waals surface area contributed by atoms with E-state index in [0.29, 0.717) is 11.6 Å². The van der Waals surface area contributed by atoms with Crippen molar-refractivity contribution < 1.29 is 4.42 Å². The summed E-state index contributed by atoms with van der Waals surface area (Å²) in [7, 11) is 1.98. The fourth-order valence-electron chi connectivity index (χ4n) is 2.61. The van der Waals surface area contributed by atoms with Crippen LogP contribution in [-0.4, -0.2) is 12.0 Å². The molecular formula is C16H24N2O2. The number of fused-ring (bicyclic) bond motifs is 1. The van der Waals surface area contributed by atoms with Crippen LogP contribution in [0.1, 0.15) is 57.1 Å². The zero-order chi connectivity index (χ0) is 14.4. The summed E-state index contributed by atoms with van der Waals surface area (Å²) in [6, 6.07) is 6.25. The second-order valence-electron chi connectivity index (χ2n) is 5.31. The molecule has 0 aliphatic rings. The Kier molecular flexibility index (Phi) is 5.41. The van der Waals surface area contributed by atoms with E-state index in [1.54, 1.807) is 0 Å². The van der Waals surface area contributed by atoms with Crippen LogP contribution in [0.2, 0.25) is 0 Å². The van der Waals surface area contributed by atoms with Gasteiger partial charge in [-0.1, -0.05) is 45.1 Å². The molecule has 2 rings (SSSR count). The van der Waals surface area contributed by atoms with Gasteiger partial charge in [0.05, 0.1) is 5.52 Å². The van der Waals surface area contributed by atoms with Crippen LogP contribution in [0, 0.1) is 0 Å². The number of nitrogens with one attached hydrogen (secondary N) is 2. The molecule has 0 amide bonds. The van der Waals surface area contributed by atoms with Gasteiger partial charge in [-0.2, -0.15) is 0 Å². The molecule has 0 radical (unpaired) electrons. The smallest absolute Gasteiger partial charge is 0.408 e. The monoisotopic (exact) mass is 276 g/mol. The van der Waals surface area contributed by atoms with Crippen molar-refractivity contribution >= 4 is 11.1 Å². The first-order chi connectivity index (χ1) is 9.74. The number of unbranched alkanes of at least 4 members (excludes halogenated alkanes) is 4. The fraction of sp³-hybridized carbons (Fsp3) is 0.562. The summed E-state index contributed by atoms with van der Waals surface area (Å²) in [6.07, 6.45) is 7.54. The van der Waals surface area contributed by atoms with Crippen molar-refractivity contribution in [1.29, 1.82) is 0 Å². The summed E-state index contributed by atoms with van der Waals surface area (Å²) in [5, 5.41) is 3.35. The van der Waals surface area contributed by atoms with Gasteiger partial charge in [0.25, 0.3) is 0 Å². The fourth-order valence-corrected chi connectivity index (χ4v) is 2.61. The molecule has 2 aromatic rings. The minimum Gasteiger partial charge on any atom is -0.408 e. The molecule has 4 nitrogen and oxygen atoms in total. The van der Waals surface area contributed by atoms with Crippen molar-refractivity contribution in [1.82, 2.24) is 10.3 Å². The summed E-state index contributed by atoms with van der Waals surface area (Å²) in [5.74, 6) is -0.391. The quantitative estimate of drug-likeness (QED) is 0.722. The first kappa shape index (κ1) is 14.9. The number of hydrogen-bond acceptors (Lipinski definition) is 3. The standard InChI is InChI=1S/C16H24N2O2/c1-3-4-5-6-7-8-13(17-2)12-9-10-14-15(11-12)20-16(19)18-14/h9-11,13,17H,3-8H2,1-2H3,(H,18,19). The molecule has 0 aliphatic carbocycles. The Morgan fingerprint density at radius 3 is 2.80 bits per heavy atom. The molecule has 1 aromatic carbocycles. The third kappa shape index (κ3) is 3.73. The lowest BCUT2D eigenvalue weighted by molar-refractivity contribution is 0.499. The van der Waals surface area contributed by atoms with Crippen LogP contribution < -0.4 is 11.1 Å². The predicted molar refractivity (Wildman–Crippen MR) is 82.0 cm³/mol. The Bertz CT molecular complexity index is 585. The van der Waals surface area contributed by atoms with Crippen molar-refractivity contribution in [3.8, 4) is 0 Å². The first-order valence-electron chi connectivity index (χ1n) is 7.54. The third-order valence-corrected chi connectivity index (χ3v) is 3.79. The Hall–Kier alpha value is -1.55. The highest BCUT2D eigenvalue weighted by Crippen LogP contribution is 2.23. The number of aromatic amines is 1. The first-order valence-corrected chi connectivity index (χ1v) is 7.54. The van der Waals surface area contributed by atoms with Gasteiger partial charge in [0.15, 0.2) is 5.58 Å². The maximum atomic E-state index is 11.2. The number of aromatic nitrogens is 1. The van der Waals surface area contributed by atoms with E-state index < -0.39 is 5.76 Å². The number of H-pyrrole nitrogens is 1. The Labute approximate surface area is 119 Å². The van der Waals surface area contributed by atoms with E-state index in [1.807, 2.05) is 19.2 Å². The maximum Gasteiger partial charge on any atom is 0.417 e. The van der Waals surface area contributed by atoms with Crippen LogP contribution in [0.15, 0.2) is 27.4 Å². The minimum absolute atomic E-state index is 0.321. The van der Waals surface area contributed by atoms with Gasteiger partial charge in [0, 0.05) is 6.04 Å². The minimum atomic E-state index is -0.391. The zero-order valence-electron chi connectivity index (χ0n) is 12.4. The highest BCUT2D eigenvalue weighted by atomic mass is 16.4. The van der Waals surface area contributed by atoms with E-state index in [2.05, 4.69) is 23.3 Å². The molecule has 1 atom stereocenters. The molecule has 0 bridgehead atoms. The molecule has 20 heavy (non-hydrogen) atoms. The van der Waals surface area contributed by atoms with Gasteiger partial charge in [-0.25, -0.2) is 4.79 Å². The van der Waals surface area contributed by atoms with Crippen LogP contribution in [0.5, 0.6) is 0 Å². The zero-order valence-corrected chi connectivity index (χ0v) is 12.4. The SMILES string of the molecule is CCCCCCCC(NC)c1ccc2[nH]c(=O)oc2c1. The van der Waals surface area contributed by atoms with Gasteiger partial charge < -0.3 is 9.73 Å². The van der Waals surface area contributed by atoms with E-state index in [9.17, 15) is 4.79 Å². The van der Waals surface area contributed by atoms with E-state index in [4.69, 9.17) is 4.42 Å². The van der Waals surface area contributed by atoms with E-state index in [-0.39, 0.29) is 0 Å². The maximum absolute atomic E-state index is 11.2. The molecule has 4 heteroatoms. The summed E-state index contributed by atoms with van der Waals surface area (Å²) < 4.78 is 5.12. The average Bonchev–Trinajstić information content (AvgIpc) is 2.82. The topological polar surface area (TPSA) is 58.0 Å². The number of hydrogen-bond donors (Lipinski definition) is 2. The lowest BCUT2D eigenvalue weighted by atomic mass is 9.99. The van der Waals surface area contributed by atoms with Gasteiger partial charge in [-0.3, -0.25) is 4.98 Å². The molecule has 0 saturated heterocycles. The molecule has 0 spiro atoms. The second-order valence-corrected chi connectivity index (χ2v) is 5.31. The second kappa shape index (κ2) is 7.29. The molecule has 1 aromatic heterocycles. The van der Waals surface area contributed by atoms with Crippen LogP contribution in [0.25, 0.3) is 11.1 Å². The number of benzene rings is 1. The molecule has 110 valence electrons. The van der Waals surface area contributed by atoms with Crippen molar-refractivity contribution in [2.24, 2.45) is 0 Å². The molecule has 0 fully saturated rings. The normalized spacial score (nSPS) is 12.9. The van der Waals surface area contributed by atoms with Crippen molar-refractivity contribution in [2.75, 3.05) is 7.05 Å². The Morgan fingerprint density at radius 1 is 1.25 bits per heavy atom. The number of oxazole rings is 1. The summed E-state index contributed by atoms with van der Waals surface area (Å²) in [4.78, 5) is 13.8. The highest BCUT2D eigenvalue weighted by Gasteiger charge is 2.11. The van der Waals surface area contributed by atoms with E-state index in [1.165, 1.54) is 37.7 Å². The van der Waals surface area contributed by atoms with Gasteiger partial charge in [-0.15, -0.1) is 0 Å². The number of rotatable bonds is 8. The van der Waals surface area contributed by atoms with Crippen molar-refractivity contribution in [2.45, 2.75) is 51.5 Å². The molecule has 0 saturated carbocycles. The predicted octanol–water partition coefficient (Wildman–Crippen LogP) is 3.74. The van der Waals surface area contributed by atoms with Crippen molar-refractivity contribution in [3.63, 3.8) is 0 Å². The van der Waals surface area contributed by atoms with Gasteiger partial charge in [0.2, 0.25) is 0 Å². The highest BCUT2D eigenvalue weighted by molar-refractivity contribution is 5.72. The van der Waals surface area contributed by atoms with E-state index >= 15 is 0 Å². The summed E-state index contributed by atoms with van der Waals surface area (Å²) in [5.41, 5.74) is 2.58. The largest absolute Gasteiger partial charge is 0.417 e. The molecule has 1 heterocycles. The van der Waals surface area contributed by atoms with Crippen LogP contribution in [0.4, 0.5) is 0 Å². The van der Waals surface area contributed by atoms with Gasteiger partial charge in [0.1, 0.15) is 0 Å². The van der Waals surface area contributed by atoms with Crippen LogP contribution in [0.3, 0.4) is 0 Å². The van der Waals surface area contributed by atoms with E-state index in [0.717, 1.165) is 11.9 Å². The Balaban J connectivity index is 1.99. The van der Waals surface area contributed by atoms with Gasteiger partial charge >= 0.3 is 5.76 Å². The third-order valence-electron chi connectivity index (χ3n) is 3.79. The lowest BCUT2D eigenvalue weighted by Gasteiger charge is -2.16. The lowest BCUT2D eigenvalue weighted by Crippen LogP contribution is -2.16. The molecular weight excluding hydrogens is 252 g/mol. The molecule has 0 aliphatic heterocycles. The van der Waals surface area contributed by atoms with Crippen LogP contribution in [-0.2, 0) is 0 Å². The summed E-state index contributed by atoms with van der Waals surface area (Å²) >= 11 is 0. The van der Waals surface area contributed by atoms with Gasteiger partial charge in [-0.05, 0) is 31.2 Å².